The summed E-state index contributed by atoms with van der Waals surface area (Å²) in [4.78, 5) is 28.7. The van der Waals surface area contributed by atoms with E-state index < -0.39 is 0 Å². The van der Waals surface area contributed by atoms with Crippen LogP contribution in [0.3, 0.4) is 0 Å². The first-order valence-corrected chi connectivity index (χ1v) is 7.27. The summed E-state index contributed by atoms with van der Waals surface area (Å²) in [7, 11) is 0. The summed E-state index contributed by atoms with van der Waals surface area (Å²) in [5.74, 6) is 0.0679. The second kappa shape index (κ2) is 5.60. The van der Waals surface area contributed by atoms with Crippen molar-refractivity contribution in [1.29, 1.82) is 0 Å². The van der Waals surface area contributed by atoms with Crippen LogP contribution >= 0.6 is 0 Å². The number of amides is 2. The molecule has 1 aromatic heterocycles. The van der Waals surface area contributed by atoms with Crippen LogP contribution in [0.15, 0.2) is 30.5 Å². The van der Waals surface area contributed by atoms with Gasteiger partial charge in [0.1, 0.15) is 0 Å². The Kier molecular flexibility index (Phi) is 3.64. The van der Waals surface area contributed by atoms with Gasteiger partial charge in [0.25, 0.3) is 5.91 Å². The number of hydrogen-bond acceptors (Lipinski definition) is 2. The van der Waals surface area contributed by atoms with E-state index in [-0.39, 0.29) is 17.9 Å². The van der Waals surface area contributed by atoms with Crippen LogP contribution in [0.5, 0.6) is 0 Å². The van der Waals surface area contributed by atoms with Gasteiger partial charge in [0.05, 0.1) is 0 Å². The Bertz CT molecular complexity index is 669. The van der Waals surface area contributed by atoms with Crippen molar-refractivity contribution in [3.8, 4) is 0 Å². The molecule has 2 aromatic rings. The van der Waals surface area contributed by atoms with Gasteiger partial charge < -0.3 is 15.2 Å². The maximum absolute atomic E-state index is 12.7. The standard InChI is InChI=1S/C16H19N3O2/c1-11(20)18-12-6-9-19(10-7-12)16(21)14-3-2-4-15-13(14)5-8-17-15/h2-5,8,12,17H,6-7,9-10H2,1H3,(H,18,20). The van der Waals surface area contributed by atoms with Crippen LogP contribution in [0, 0.1) is 0 Å². The molecule has 2 N–H and O–H groups in total. The van der Waals surface area contributed by atoms with E-state index in [4.69, 9.17) is 0 Å². The maximum Gasteiger partial charge on any atom is 0.254 e. The van der Waals surface area contributed by atoms with Gasteiger partial charge in [-0.05, 0) is 31.0 Å². The Hall–Kier alpha value is -2.30. The summed E-state index contributed by atoms with van der Waals surface area (Å²) in [6.07, 6.45) is 3.48. The van der Waals surface area contributed by atoms with Crippen molar-refractivity contribution < 1.29 is 9.59 Å². The van der Waals surface area contributed by atoms with Crippen molar-refractivity contribution in [2.24, 2.45) is 0 Å². The number of aromatic amines is 1. The maximum atomic E-state index is 12.7. The SMILES string of the molecule is CC(=O)NC1CCN(C(=O)c2cccc3[nH]ccc23)CC1. The minimum absolute atomic E-state index is 0.00290. The molecule has 1 saturated heterocycles. The van der Waals surface area contributed by atoms with Gasteiger partial charge in [-0.1, -0.05) is 6.07 Å². The zero-order valence-corrected chi connectivity index (χ0v) is 12.1. The van der Waals surface area contributed by atoms with E-state index in [1.807, 2.05) is 35.4 Å². The summed E-state index contributed by atoms with van der Waals surface area (Å²) >= 11 is 0. The molecular weight excluding hydrogens is 266 g/mol. The van der Waals surface area contributed by atoms with E-state index in [2.05, 4.69) is 10.3 Å². The topological polar surface area (TPSA) is 65.2 Å². The molecule has 0 bridgehead atoms. The highest BCUT2D eigenvalue weighted by molar-refractivity contribution is 6.06. The average Bonchev–Trinajstić information content (AvgIpc) is 2.95. The predicted octanol–water partition coefficient (Wildman–Crippen LogP) is 1.91. The third kappa shape index (κ3) is 2.77. The van der Waals surface area contributed by atoms with Crippen molar-refractivity contribution in [3.63, 3.8) is 0 Å². The van der Waals surface area contributed by atoms with Gasteiger partial charge in [-0.15, -0.1) is 0 Å². The van der Waals surface area contributed by atoms with Crippen molar-refractivity contribution in [1.82, 2.24) is 15.2 Å². The van der Waals surface area contributed by atoms with Crippen molar-refractivity contribution in [2.75, 3.05) is 13.1 Å². The second-order valence-electron chi connectivity index (χ2n) is 5.51. The van der Waals surface area contributed by atoms with Crippen LogP contribution < -0.4 is 5.32 Å². The zero-order chi connectivity index (χ0) is 14.8. The summed E-state index contributed by atoms with van der Waals surface area (Å²) in [6, 6.07) is 7.87. The summed E-state index contributed by atoms with van der Waals surface area (Å²) in [5, 5.41) is 3.89. The number of hydrogen-bond donors (Lipinski definition) is 2. The Morgan fingerprint density at radius 3 is 2.71 bits per heavy atom. The van der Waals surface area contributed by atoms with Gasteiger partial charge in [0.2, 0.25) is 5.91 Å². The van der Waals surface area contributed by atoms with Gasteiger partial charge >= 0.3 is 0 Å². The van der Waals surface area contributed by atoms with E-state index >= 15 is 0 Å². The van der Waals surface area contributed by atoms with Gasteiger partial charge in [0.15, 0.2) is 0 Å². The lowest BCUT2D eigenvalue weighted by Gasteiger charge is -2.32. The Labute approximate surface area is 123 Å². The molecule has 2 heterocycles. The van der Waals surface area contributed by atoms with E-state index in [1.165, 1.54) is 6.92 Å². The fraction of sp³-hybridized carbons (Fsp3) is 0.375. The Morgan fingerprint density at radius 1 is 1.24 bits per heavy atom. The lowest BCUT2D eigenvalue weighted by atomic mass is 10.0. The third-order valence-electron chi connectivity index (χ3n) is 4.01. The van der Waals surface area contributed by atoms with Crippen LogP contribution in [-0.4, -0.2) is 40.8 Å². The first-order chi connectivity index (χ1) is 10.1. The molecule has 110 valence electrons. The lowest BCUT2D eigenvalue weighted by Crippen LogP contribution is -2.46. The van der Waals surface area contributed by atoms with E-state index in [1.54, 1.807) is 0 Å². The van der Waals surface area contributed by atoms with Gasteiger partial charge in [-0.2, -0.15) is 0 Å². The van der Waals surface area contributed by atoms with Crippen molar-refractivity contribution in [2.45, 2.75) is 25.8 Å². The number of rotatable bonds is 2. The van der Waals surface area contributed by atoms with Crippen LogP contribution in [0.1, 0.15) is 30.1 Å². The molecule has 0 spiro atoms. The molecule has 1 aliphatic rings. The molecule has 0 saturated carbocycles. The Morgan fingerprint density at radius 2 is 2.00 bits per heavy atom. The molecule has 1 aliphatic heterocycles. The number of piperidine rings is 1. The normalized spacial score (nSPS) is 16.1. The number of aromatic nitrogens is 1. The average molecular weight is 285 g/mol. The molecule has 21 heavy (non-hydrogen) atoms. The molecule has 1 fully saturated rings. The molecule has 0 radical (unpaired) electrons. The van der Waals surface area contributed by atoms with Crippen LogP contribution in [0.2, 0.25) is 0 Å². The number of nitrogens with zero attached hydrogens (tertiary/aromatic N) is 1. The first kappa shape index (κ1) is 13.7. The molecule has 0 unspecified atom stereocenters. The summed E-state index contributed by atoms with van der Waals surface area (Å²) in [5.41, 5.74) is 1.72. The summed E-state index contributed by atoms with van der Waals surface area (Å²) in [6.45, 7) is 2.90. The van der Waals surface area contributed by atoms with E-state index in [0.717, 1.165) is 29.3 Å². The van der Waals surface area contributed by atoms with Crippen LogP contribution in [0.25, 0.3) is 10.9 Å². The molecule has 2 amide bonds. The number of benzene rings is 1. The molecule has 1 aromatic carbocycles. The van der Waals surface area contributed by atoms with Gasteiger partial charge in [0, 0.05) is 48.7 Å². The highest BCUT2D eigenvalue weighted by Gasteiger charge is 2.24. The number of fused-ring (bicyclic) bond motifs is 1. The minimum Gasteiger partial charge on any atom is -0.361 e. The minimum atomic E-state index is -0.00290. The monoisotopic (exact) mass is 285 g/mol. The van der Waals surface area contributed by atoms with Crippen molar-refractivity contribution in [3.05, 3.63) is 36.0 Å². The number of carbonyl (C=O) groups excluding carboxylic acids is 2. The number of likely N-dealkylation sites (tertiary alicyclic amines) is 1. The van der Waals surface area contributed by atoms with Gasteiger partial charge in [-0.25, -0.2) is 0 Å². The lowest BCUT2D eigenvalue weighted by molar-refractivity contribution is -0.119. The number of H-pyrrole nitrogens is 1. The first-order valence-electron chi connectivity index (χ1n) is 7.27. The van der Waals surface area contributed by atoms with Crippen LogP contribution in [0.4, 0.5) is 0 Å². The van der Waals surface area contributed by atoms with Gasteiger partial charge in [-0.3, -0.25) is 9.59 Å². The molecule has 3 rings (SSSR count). The molecule has 0 atom stereocenters. The molecule has 5 heteroatoms. The fourth-order valence-electron chi connectivity index (χ4n) is 2.96. The zero-order valence-electron chi connectivity index (χ0n) is 12.1. The quantitative estimate of drug-likeness (QED) is 0.885. The predicted molar refractivity (Wildman–Crippen MR) is 81.0 cm³/mol. The van der Waals surface area contributed by atoms with Crippen LogP contribution in [-0.2, 0) is 4.79 Å². The number of nitrogens with one attached hydrogen (secondary N) is 2. The fourth-order valence-corrected chi connectivity index (χ4v) is 2.96. The molecular formula is C16H19N3O2. The smallest absolute Gasteiger partial charge is 0.254 e. The summed E-state index contributed by atoms with van der Waals surface area (Å²) < 4.78 is 0. The third-order valence-corrected chi connectivity index (χ3v) is 4.01. The molecule has 0 aliphatic carbocycles. The Balaban J connectivity index is 1.72. The van der Waals surface area contributed by atoms with Crippen molar-refractivity contribution >= 4 is 22.7 Å². The van der Waals surface area contributed by atoms with E-state index in [0.29, 0.717) is 13.1 Å². The second-order valence-corrected chi connectivity index (χ2v) is 5.51. The number of carbonyl (C=O) groups is 2. The highest BCUT2D eigenvalue weighted by Crippen LogP contribution is 2.21. The molecule has 5 nitrogen and oxygen atoms in total. The highest BCUT2D eigenvalue weighted by atomic mass is 16.2. The largest absolute Gasteiger partial charge is 0.361 e. The van der Waals surface area contributed by atoms with E-state index in [9.17, 15) is 9.59 Å².